The highest BCUT2D eigenvalue weighted by atomic mass is 16.3. The molecule has 58 heavy (non-hydrogen) atoms. The van der Waals surface area contributed by atoms with Gasteiger partial charge in [-0.15, -0.1) is 0 Å². The summed E-state index contributed by atoms with van der Waals surface area (Å²) in [5.41, 5.74) is 15.3. The first-order valence-electron chi connectivity index (χ1n) is 19.8. The molecule has 0 aliphatic rings. The normalized spacial score (nSPS) is 11.8. The molecule has 270 valence electrons. The summed E-state index contributed by atoms with van der Waals surface area (Å²) < 4.78 is 12.9. The van der Waals surface area contributed by atoms with Crippen molar-refractivity contribution in [2.24, 2.45) is 0 Å². The number of hydrogen-bond donors (Lipinski definition) is 0. The highest BCUT2D eigenvalue weighted by molar-refractivity contribution is 6.21. The van der Waals surface area contributed by atoms with E-state index in [9.17, 15) is 0 Å². The van der Waals surface area contributed by atoms with Crippen molar-refractivity contribution in [2.75, 3.05) is 0 Å². The fraction of sp³-hybridized carbons (Fsp3) is 0. The molecule has 0 saturated carbocycles. The summed E-state index contributed by atoms with van der Waals surface area (Å²) in [7, 11) is 0. The van der Waals surface area contributed by atoms with Crippen LogP contribution < -0.4 is 0 Å². The van der Waals surface area contributed by atoms with E-state index in [0.717, 1.165) is 66.1 Å². The summed E-state index contributed by atoms with van der Waals surface area (Å²) in [4.78, 5) is 0. The molecule has 0 unspecified atom stereocenters. The van der Waals surface area contributed by atoms with Crippen molar-refractivity contribution >= 4 is 65.4 Å². The van der Waals surface area contributed by atoms with E-state index in [2.05, 4.69) is 182 Å². The summed E-state index contributed by atoms with van der Waals surface area (Å²) in [5.74, 6) is 0. The molecule has 10 aromatic carbocycles. The standard InChI is InChI=1S/C56H34O2/c1-3-13-35(14-4-1)37-25-30-48(49(31-37)36-15-5-2-6-16-36)56-46-21-11-19-40(38-26-28-44-42-17-7-9-23-52(42)57-54(44)32-38)50(46)34-51-41(20-12-22-47(51)56)39-27-29-45-43-18-8-10-24-53(43)58-55(45)33-39/h1-34H. The second-order valence-electron chi connectivity index (χ2n) is 15.2. The van der Waals surface area contributed by atoms with E-state index in [1.54, 1.807) is 0 Å². The van der Waals surface area contributed by atoms with Crippen LogP contribution in [0, 0.1) is 0 Å². The molecule has 12 aromatic rings. The molecular weight excluding hydrogens is 705 g/mol. The van der Waals surface area contributed by atoms with Crippen molar-refractivity contribution in [1.82, 2.24) is 0 Å². The number of hydrogen-bond acceptors (Lipinski definition) is 2. The first-order chi connectivity index (χ1) is 28.7. The van der Waals surface area contributed by atoms with Crippen LogP contribution >= 0.6 is 0 Å². The van der Waals surface area contributed by atoms with Gasteiger partial charge in [-0.2, -0.15) is 0 Å². The molecule has 0 spiro atoms. The predicted molar refractivity (Wildman–Crippen MR) is 243 cm³/mol. The maximum Gasteiger partial charge on any atom is 0.136 e. The zero-order chi connectivity index (χ0) is 38.2. The minimum atomic E-state index is 0.888. The van der Waals surface area contributed by atoms with Crippen LogP contribution in [0.5, 0.6) is 0 Å². The number of rotatable bonds is 5. The lowest BCUT2D eigenvalue weighted by atomic mass is 9.83. The Balaban J connectivity index is 1.17. The highest BCUT2D eigenvalue weighted by Gasteiger charge is 2.20. The van der Waals surface area contributed by atoms with Crippen LogP contribution in [0.15, 0.2) is 215 Å². The molecular formula is C56H34O2. The van der Waals surface area contributed by atoms with Crippen LogP contribution in [-0.2, 0) is 0 Å². The first-order valence-corrected chi connectivity index (χ1v) is 19.8. The zero-order valence-corrected chi connectivity index (χ0v) is 31.4. The van der Waals surface area contributed by atoms with Gasteiger partial charge in [-0.1, -0.05) is 158 Å². The maximum absolute atomic E-state index is 6.43. The summed E-state index contributed by atoms with van der Waals surface area (Å²) in [6.07, 6.45) is 0. The van der Waals surface area contributed by atoms with Crippen molar-refractivity contribution in [1.29, 1.82) is 0 Å². The predicted octanol–water partition coefficient (Wildman–Crippen LogP) is 16.1. The molecule has 2 heterocycles. The Morgan fingerprint density at radius 3 is 1.24 bits per heavy atom. The number of fused-ring (bicyclic) bond motifs is 8. The quantitative estimate of drug-likeness (QED) is 0.164. The van der Waals surface area contributed by atoms with Crippen molar-refractivity contribution in [3.8, 4) is 55.6 Å². The van der Waals surface area contributed by atoms with Crippen LogP contribution in [0.25, 0.3) is 121 Å². The highest BCUT2D eigenvalue weighted by Crippen LogP contribution is 2.47. The lowest BCUT2D eigenvalue weighted by Gasteiger charge is -2.20. The lowest BCUT2D eigenvalue weighted by molar-refractivity contribution is 0.668. The Bertz CT molecular complexity index is 3380. The van der Waals surface area contributed by atoms with Crippen molar-refractivity contribution in [2.45, 2.75) is 0 Å². The van der Waals surface area contributed by atoms with Gasteiger partial charge in [-0.25, -0.2) is 0 Å². The summed E-state index contributed by atoms with van der Waals surface area (Å²) in [6.45, 7) is 0. The molecule has 0 radical (unpaired) electrons. The largest absolute Gasteiger partial charge is 0.456 e. The van der Waals surface area contributed by atoms with Gasteiger partial charge in [0, 0.05) is 21.5 Å². The van der Waals surface area contributed by atoms with E-state index >= 15 is 0 Å². The van der Waals surface area contributed by atoms with E-state index in [1.807, 2.05) is 24.3 Å². The summed E-state index contributed by atoms with van der Waals surface area (Å²) in [6, 6.07) is 74.2. The van der Waals surface area contributed by atoms with Gasteiger partial charge in [-0.3, -0.25) is 0 Å². The molecule has 2 heteroatoms. The molecule has 0 fully saturated rings. The third-order valence-corrected chi connectivity index (χ3v) is 11.9. The Hall–Kier alpha value is -7.68. The molecule has 0 bridgehead atoms. The van der Waals surface area contributed by atoms with Crippen LogP contribution in [0.3, 0.4) is 0 Å². The molecule has 0 atom stereocenters. The Morgan fingerprint density at radius 2 is 0.672 bits per heavy atom. The minimum Gasteiger partial charge on any atom is -0.456 e. The van der Waals surface area contributed by atoms with Gasteiger partial charge in [-0.05, 0) is 126 Å². The van der Waals surface area contributed by atoms with Crippen LogP contribution in [0.2, 0.25) is 0 Å². The van der Waals surface area contributed by atoms with Gasteiger partial charge in [0.25, 0.3) is 0 Å². The molecule has 0 saturated heterocycles. The Kier molecular flexibility index (Phi) is 7.26. The summed E-state index contributed by atoms with van der Waals surface area (Å²) in [5, 5.41) is 9.28. The monoisotopic (exact) mass is 738 g/mol. The molecule has 0 N–H and O–H groups in total. The average Bonchev–Trinajstić information content (AvgIpc) is 3.86. The van der Waals surface area contributed by atoms with E-state index in [4.69, 9.17) is 8.83 Å². The maximum atomic E-state index is 6.43. The van der Waals surface area contributed by atoms with Gasteiger partial charge < -0.3 is 8.83 Å². The second kappa shape index (κ2) is 12.9. The number of para-hydroxylation sites is 2. The van der Waals surface area contributed by atoms with Crippen molar-refractivity contribution in [3.63, 3.8) is 0 Å². The summed E-state index contributed by atoms with van der Waals surface area (Å²) >= 11 is 0. The Morgan fingerprint density at radius 1 is 0.207 bits per heavy atom. The van der Waals surface area contributed by atoms with Gasteiger partial charge in [0.2, 0.25) is 0 Å². The topological polar surface area (TPSA) is 26.3 Å². The third-order valence-electron chi connectivity index (χ3n) is 11.9. The zero-order valence-electron chi connectivity index (χ0n) is 31.4. The number of furan rings is 2. The molecule has 0 aliphatic heterocycles. The number of benzene rings is 10. The smallest absolute Gasteiger partial charge is 0.136 e. The third kappa shape index (κ3) is 5.12. The van der Waals surface area contributed by atoms with E-state index in [0.29, 0.717) is 0 Å². The van der Waals surface area contributed by atoms with Gasteiger partial charge in [0.1, 0.15) is 22.3 Å². The van der Waals surface area contributed by atoms with Crippen molar-refractivity contribution < 1.29 is 8.83 Å². The second-order valence-corrected chi connectivity index (χ2v) is 15.2. The van der Waals surface area contributed by atoms with Crippen LogP contribution in [0.4, 0.5) is 0 Å². The molecule has 2 aromatic heterocycles. The van der Waals surface area contributed by atoms with Crippen LogP contribution in [-0.4, -0.2) is 0 Å². The lowest BCUT2D eigenvalue weighted by Crippen LogP contribution is -1.93. The van der Waals surface area contributed by atoms with Gasteiger partial charge in [0.05, 0.1) is 0 Å². The van der Waals surface area contributed by atoms with Crippen molar-refractivity contribution in [3.05, 3.63) is 206 Å². The van der Waals surface area contributed by atoms with E-state index < -0.39 is 0 Å². The SMILES string of the molecule is c1ccc(-c2ccc(-c3c4cccc(-c5ccc6c(c5)oc5ccccc56)c4cc4c(-c5ccc6c(c5)oc5ccccc56)cccc34)c(-c3ccccc3)c2)cc1. The van der Waals surface area contributed by atoms with Gasteiger partial charge in [0.15, 0.2) is 0 Å². The first kappa shape index (κ1) is 32.6. The molecule has 2 nitrogen and oxygen atoms in total. The van der Waals surface area contributed by atoms with E-state index in [-0.39, 0.29) is 0 Å². The molecule has 0 amide bonds. The molecule has 0 aliphatic carbocycles. The fourth-order valence-corrected chi connectivity index (χ4v) is 9.18. The van der Waals surface area contributed by atoms with Gasteiger partial charge >= 0.3 is 0 Å². The fourth-order valence-electron chi connectivity index (χ4n) is 9.18. The average molecular weight is 739 g/mol. The van der Waals surface area contributed by atoms with Crippen LogP contribution in [0.1, 0.15) is 0 Å². The molecule has 12 rings (SSSR count). The van der Waals surface area contributed by atoms with E-state index in [1.165, 1.54) is 54.9 Å². The minimum absolute atomic E-state index is 0.888. The Labute approximate surface area is 334 Å².